The molecule has 0 aromatic carbocycles. The lowest BCUT2D eigenvalue weighted by Crippen LogP contribution is -2.58. The summed E-state index contributed by atoms with van der Waals surface area (Å²) in [6.07, 6.45) is 4.66. The number of aromatic amines is 1. The number of hydrogen-bond donors (Lipinski definition) is 10. The van der Waals surface area contributed by atoms with Gasteiger partial charge in [0.05, 0.1) is 19.0 Å². The van der Waals surface area contributed by atoms with E-state index in [0.717, 1.165) is 0 Å². The molecule has 1 heterocycles. The SMILES string of the molecule is NCCCCC(NC(=O)C(N)CCCN=C(N)N)C(=O)NC(CO)C(=O)NC(Cc1cnc[nH]1)C(=O)O. The molecule has 0 radical (unpaired) electrons. The van der Waals surface area contributed by atoms with Crippen LogP contribution in [0.1, 0.15) is 37.8 Å². The van der Waals surface area contributed by atoms with Gasteiger partial charge in [-0.2, -0.15) is 0 Å². The molecule has 0 fully saturated rings. The predicted molar refractivity (Wildman–Crippen MR) is 134 cm³/mol. The number of rotatable bonds is 18. The molecule has 0 aliphatic heterocycles. The van der Waals surface area contributed by atoms with Crippen LogP contribution in [-0.2, 0) is 25.6 Å². The maximum absolute atomic E-state index is 12.9. The molecule has 37 heavy (non-hydrogen) atoms. The molecule has 1 aromatic heterocycles. The number of hydrogen-bond acceptors (Lipinski definition) is 9. The van der Waals surface area contributed by atoms with Crippen LogP contribution in [0.5, 0.6) is 0 Å². The molecule has 0 spiro atoms. The highest BCUT2D eigenvalue weighted by Crippen LogP contribution is 2.05. The largest absolute Gasteiger partial charge is 0.480 e. The third kappa shape index (κ3) is 12.2. The van der Waals surface area contributed by atoms with Crippen molar-refractivity contribution in [2.24, 2.45) is 27.9 Å². The summed E-state index contributed by atoms with van der Waals surface area (Å²) in [6.45, 7) is -0.141. The van der Waals surface area contributed by atoms with Gasteiger partial charge in [0.25, 0.3) is 0 Å². The van der Waals surface area contributed by atoms with E-state index in [2.05, 4.69) is 30.9 Å². The van der Waals surface area contributed by atoms with Gasteiger partial charge in [-0.15, -0.1) is 0 Å². The molecular weight excluding hydrogens is 488 g/mol. The fraction of sp³-hybridized carbons (Fsp3) is 0.619. The number of imidazole rings is 1. The first-order chi connectivity index (χ1) is 17.6. The highest BCUT2D eigenvalue weighted by Gasteiger charge is 2.30. The fourth-order valence-corrected chi connectivity index (χ4v) is 3.25. The third-order valence-corrected chi connectivity index (χ3v) is 5.29. The number of aliphatic carboxylic acids is 1. The van der Waals surface area contributed by atoms with Crippen molar-refractivity contribution < 1.29 is 29.4 Å². The molecule has 16 nitrogen and oxygen atoms in total. The normalized spacial score (nSPS) is 14.0. The van der Waals surface area contributed by atoms with Gasteiger partial charge in [-0.05, 0) is 38.6 Å². The van der Waals surface area contributed by atoms with Gasteiger partial charge in [0, 0.05) is 24.9 Å². The van der Waals surface area contributed by atoms with Crippen molar-refractivity contribution in [2.45, 2.75) is 62.7 Å². The van der Waals surface area contributed by atoms with Crippen LogP contribution < -0.4 is 38.9 Å². The van der Waals surface area contributed by atoms with E-state index < -0.39 is 54.5 Å². The van der Waals surface area contributed by atoms with E-state index in [1.807, 2.05) is 0 Å². The van der Waals surface area contributed by atoms with Crippen LogP contribution in [0.25, 0.3) is 0 Å². The number of carboxylic acid groups (broad SMARTS) is 1. The molecule has 4 unspecified atom stereocenters. The predicted octanol–water partition coefficient (Wildman–Crippen LogP) is -4.01. The highest BCUT2D eigenvalue weighted by atomic mass is 16.4. The van der Waals surface area contributed by atoms with Crippen molar-refractivity contribution in [3.8, 4) is 0 Å². The van der Waals surface area contributed by atoms with Gasteiger partial charge in [-0.3, -0.25) is 19.4 Å². The number of carbonyl (C=O) groups excluding carboxylic acids is 3. The molecule has 0 aliphatic rings. The molecule has 4 atom stereocenters. The minimum Gasteiger partial charge on any atom is -0.480 e. The second-order valence-corrected chi connectivity index (χ2v) is 8.33. The fourth-order valence-electron chi connectivity index (χ4n) is 3.25. The number of aromatic nitrogens is 2. The standard InChI is InChI=1S/C21H38N10O6/c22-6-2-1-5-14(29-17(33)13(23)4-3-7-27-21(24)25)18(34)31-16(10-32)19(35)30-15(20(36)37)8-12-9-26-11-28-12/h9,11,13-16,32H,1-8,10,22-23H2,(H,26,28)(H,29,33)(H,30,35)(H,31,34)(H,36,37)(H4,24,25,27). The van der Waals surface area contributed by atoms with Crippen LogP contribution in [-0.4, -0.2) is 93.7 Å². The zero-order valence-corrected chi connectivity index (χ0v) is 20.6. The Hall–Kier alpha value is -3.76. The number of nitrogens with zero attached hydrogens (tertiary/aromatic N) is 2. The second kappa shape index (κ2) is 16.8. The molecule has 14 N–H and O–H groups in total. The zero-order valence-electron chi connectivity index (χ0n) is 20.6. The van der Waals surface area contributed by atoms with E-state index in [9.17, 15) is 29.4 Å². The average Bonchev–Trinajstić information content (AvgIpc) is 3.36. The summed E-state index contributed by atoms with van der Waals surface area (Å²) < 4.78 is 0. The molecule has 0 saturated carbocycles. The average molecular weight is 527 g/mol. The van der Waals surface area contributed by atoms with Crippen LogP contribution in [0.4, 0.5) is 0 Å². The number of amides is 3. The molecule has 208 valence electrons. The van der Waals surface area contributed by atoms with Crippen molar-refractivity contribution in [1.82, 2.24) is 25.9 Å². The van der Waals surface area contributed by atoms with Crippen molar-refractivity contribution in [3.05, 3.63) is 18.2 Å². The molecule has 16 heteroatoms. The summed E-state index contributed by atoms with van der Waals surface area (Å²) in [4.78, 5) is 60.0. The highest BCUT2D eigenvalue weighted by molar-refractivity contribution is 5.94. The van der Waals surface area contributed by atoms with E-state index in [0.29, 0.717) is 31.5 Å². The van der Waals surface area contributed by atoms with Crippen LogP contribution in [0.15, 0.2) is 17.5 Å². The van der Waals surface area contributed by atoms with E-state index in [-0.39, 0.29) is 31.8 Å². The Morgan fingerprint density at radius 1 is 0.973 bits per heavy atom. The van der Waals surface area contributed by atoms with E-state index in [1.165, 1.54) is 12.5 Å². The third-order valence-electron chi connectivity index (χ3n) is 5.29. The van der Waals surface area contributed by atoms with Gasteiger partial charge < -0.3 is 54.1 Å². The number of guanidine groups is 1. The minimum absolute atomic E-state index is 0.0758. The lowest BCUT2D eigenvalue weighted by atomic mass is 10.1. The maximum Gasteiger partial charge on any atom is 0.326 e. The number of nitrogens with two attached hydrogens (primary N) is 4. The Kier molecular flexibility index (Phi) is 14.2. The van der Waals surface area contributed by atoms with Gasteiger partial charge >= 0.3 is 5.97 Å². The Morgan fingerprint density at radius 3 is 2.19 bits per heavy atom. The van der Waals surface area contributed by atoms with Gasteiger partial charge in [0.1, 0.15) is 18.1 Å². The number of aliphatic hydroxyl groups is 1. The number of H-pyrrole nitrogens is 1. The van der Waals surface area contributed by atoms with Crippen LogP contribution >= 0.6 is 0 Å². The minimum atomic E-state index is -1.46. The van der Waals surface area contributed by atoms with Crippen molar-refractivity contribution in [3.63, 3.8) is 0 Å². The quantitative estimate of drug-likeness (QED) is 0.0499. The Balaban J connectivity index is 2.79. The number of aliphatic imine (C=N–C) groups is 1. The van der Waals surface area contributed by atoms with Crippen molar-refractivity contribution in [2.75, 3.05) is 19.7 Å². The van der Waals surface area contributed by atoms with Crippen molar-refractivity contribution in [1.29, 1.82) is 0 Å². The van der Waals surface area contributed by atoms with Crippen LogP contribution in [0, 0.1) is 0 Å². The van der Waals surface area contributed by atoms with E-state index in [1.54, 1.807) is 0 Å². The Labute approximate surface area is 214 Å². The first-order valence-corrected chi connectivity index (χ1v) is 11.8. The Bertz CT molecular complexity index is 890. The number of unbranched alkanes of at least 4 members (excludes halogenated alkanes) is 1. The zero-order chi connectivity index (χ0) is 27.8. The van der Waals surface area contributed by atoms with Crippen LogP contribution in [0.3, 0.4) is 0 Å². The molecule has 1 aromatic rings. The molecule has 0 saturated heterocycles. The molecule has 0 bridgehead atoms. The van der Waals surface area contributed by atoms with Gasteiger partial charge in [-0.1, -0.05) is 0 Å². The topological polar surface area (TPSA) is 290 Å². The monoisotopic (exact) mass is 526 g/mol. The maximum atomic E-state index is 12.9. The number of nitrogens with one attached hydrogen (secondary N) is 4. The number of carboxylic acids is 1. The van der Waals surface area contributed by atoms with Gasteiger partial charge in [-0.25, -0.2) is 9.78 Å². The van der Waals surface area contributed by atoms with E-state index in [4.69, 9.17) is 22.9 Å². The van der Waals surface area contributed by atoms with Gasteiger partial charge in [0.15, 0.2) is 5.96 Å². The molecule has 1 rings (SSSR count). The summed E-state index contributed by atoms with van der Waals surface area (Å²) in [5, 5.41) is 26.3. The summed E-state index contributed by atoms with van der Waals surface area (Å²) >= 11 is 0. The Morgan fingerprint density at radius 2 is 1.62 bits per heavy atom. The molecule has 3 amide bonds. The summed E-state index contributed by atoms with van der Waals surface area (Å²) in [6, 6.07) is -4.80. The smallest absolute Gasteiger partial charge is 0.326 e. The van der Waals surface area contributed by atoms with Crippen molar-refractivity contribution >= 4 is 29.7 Å². The van der Waals surface area contributed by atoms with Gasteiger partial charge in [0.2, 0.25) is 17.7 Å². The summed E-state index contributed by atoms with van der Waals surface area (Å²) in [5.41, 5.74) is 22.4. The first kappa shape index (κ1) is 31.3. The summed E-state index contributed by atoms with van der Waals surface area (Å²) in [7, 11) is 0. The number of aliphatic hydroxyl groups excluding tert-OH is 1. The first-order valence-electron chi connectivity index (χ1n) is 11.8. The molecule has 0 aliphatic carbocycles. The number of carbonyl (C=O) groups is 4. The lowest BCUT2D eigenvalue weighted by Gasteiger charge is -2.24. The lowest BCUT2D eigenvalue weighted by molar-refractivity contribution is -0.142. The molecular formula is C21H38N10O6. The van der Waals surface area contributed by atoms with Crippen LogP contribution in [0.2, 0.25) is 0 Å². The van der Waals surface area contributed by atoms with E-state index >= 15 is 0 Å². The summed E-state index contributed by atoms with van der Waals surface area (Å²) in [5.74, 6) is -3.63. The second-order valence-electron chi connectivity index (χ2n) is 8.33.